The van der Waals surface area contributed by atoms with Gasteiger partial charge in [0.2, 0.25) is 0 Å². The van der Waals surface area contributed by atoms with Crippen molar-refractivity contribution in [1.82, 2.24) is 0 Å². The number of para-hydroxylation sites is 2. The van der Waals surface area contributed by atoms with Crippen LogP contribution in [-0.4, -0.2) is 23.1 Å². The van der Waals surface area contributed by atoms with Crippen molar-refractivity contribution in [2.45, 2.75) is 0 Å². The van der Waals surface area contributed by atoms with E-state index in [9.17, 15) is 14.9 Å². The lowest BCUT2D eigenvalue weighted by molar-refractivity contribution is -0.384. The number of nitro benzene ring substituents is 1. The average molecular weight is 498 g/mol. The third-order valence-electron chi connectivity index (χ3n) is 5.37. The van der Waals surface area contributed by atoms with Gasteiger partial charge in [0.05, 0.1) is 39.9 Å². The second-order valence-electron chi connectivity index (χ2n) is 7.66. The molecule has 0 saturated carbocycles. The number of carbonyl (C=O) groups is 1. The Bertz CT molecular complexity index is 1500. The van der Waals surface area contributed by atoms with Gasteiger partial charge in [0.25, 0.3) is 11.6 Å². The molecule has 1 amide bonds. The first-order chi connectivity index (χ1) is 17.5. The Morgan fingerprint density at radius 3 is 2.42 bits per heavy atom. The van der Waals surface area contributed by atoms with Crippen LogP contribution in [0.5, 0.6) is 5.75 Å². The van der Waals surface area contributed by atoms with Gasteiger partial charge in [-0.2, -0.15) is 0 Å². The SMILES string of the molecule is COc1ccc(-c2ccc(/C=C3\SC(=Nc4ccccc4)N(c4ccccc4)C3=O)o2)c([N+](=O)[O-])c1. The molecule has 36 heavy (non-hydrogen) atoms. The molecule has 0 spiro atoms. The Morgan fingerprint density at radius 1 is 1.00 bits per heavy atom. The molecule has 1 aliphatic rings. The molecular weight excluding hydrogens is 478 g/mol. The zero-order valence-corrected chi connectivity index (χ0v) is 19.8. The van der Waals surface area contributed by atoms with Gasteiger partial charge in [0, 0.05) is 6.08 Å². The third-order valence-corrected chi connectivity index (χ3v) is 6.34. The standard InChI is InChI=1S/C27H19N3O5S/c1-34-20-12-14-22(23(16-20)30(32)33)24-15-13-21(35-24)17-25-26(31)29(19-10-6-3-7-11-19)27(36-25)28-18-8-4-2-5-9-18/h2-17H,1H3/b25-17-,28-27?. The van der Waals surface area contributed by atoms with E-state index in [4.69, 9.17) is 9.15 Å². The number of anilines is 1. The van der Waals surface area contributed by atoms with Crippen LogP contribution in [0.2, 0.25) is 0 Å². The summed E-state index contributed by atoms with van der Waals surface area (Å²) in [4.78, 5) is 31.2. The molecule has 1 aromatic heterocycles. The molecule has 1 saturated heterocycles. The van der Waals surface area contributed by atoms with Gasteiger partial charge in [0.1, 0.15) is 17.3 Å². The number of amides is 1. The van der Waals surface area contributed by atoms with E-state index in [-0.39, 0.29) is 11.6 Å². The van der Waals surface area contributed by atoms with Crippen molar-refractivity contribution in [3.63, 3.8) is 0 Å². The van der Waals surface area contributed by atoms with Gasteiger partial charge in [-0.05, 0) is 60.3 Å². The third kappa shape index (κ3) is 4.64. The van der Waals surface area contributed by atoms with Crippen molar-refractivity contribution in [1.29, 1.82) is 0 Å². The van der Waals surface area contributed by atoms with Crippen LogP contribution in [0.1, 0.15) is 5.76 Å². The van der Waals surface area contributed by atoms with Gasteiger partial charge in [-0.25, -0.2) is 4.99 Å². The highest BCUT2D eigenvalue weighted by molar-refractivity contribution is 8.19. The number of ether oxygens (including phenoxy) is 1. The number of hydrogen-bond acceptors (Lipinski definition) is 7. The quantitative estimate of drug-likeness (QED) is 0.168. The van der Waals surface area contributed by atoms with Gasteiger partial charge in [-0.1, -0.05) is 36.4 Å². The highest BCUT2D eigenvalue weighted by atomic mass is 32.2. The van der Waals surface area contributed by atoms with Gasteiger partial charge in [-0.3, -0.25) is 19.8 Å². The highest BCUT2D eigenvalue weighted by Gasteiger charge is 2.35. The highest BCUT2D eigenvalue weighted by Crippen LogP contribution is 2.39. The number of thioether (sulfide) groups is 1. The van der Waals surface area contributed by atoms with Crippen LogP contribution in [0.4, 0.5) is 17.1 Å². The van der Waals surface area contributed by atoms with E-state index in [1.54, 1.807) is 35.2 Å². The molecule has 4 aromatic rings. The fourth-order valence-electron chi connectivity index (χ4n) is 3.67. The molecule has 9 heteroatoms. The molecule has 0 bridgehead atoms. The summed E-state index contributed by atoms with van der Waals surface area (Å²) in [5.41, 5.74) is 1.60. The smallest absolute Gasteiger partial charge is 0.284 e. The second-order valence-corrected chi connectivity index (χ2v) is 8.67. The normalized spacial score (nSPS) is 15.6. The number of methoxy groups -OCH3 is 1. The summed E-state index contributed by atoms with van der Waals surface area (Å²) in [6, 6.07) is 26.5. The minimum Gasteiger partial charge on any atom is -0.497 e. The number of furan rings is 1. The molecule has 0 N–H and O–H groups in total. The summed E-state index contributed by atoms with van der Waals surface area (Å²) in [5.74, 6) is 0.831. The van der Waals surface area contributed by atoms with Crippen molar-refractivity contribution in [3.8, 4) is 17.1 Å². The summed E-state index contributed by atoms with van der Waals surface area (Å²) < 4.78 is 11.0. The summed E-state index contributed by atoms with van der Waals surface area (Å²) in [5, 5.41) is 12.1. The average Bonchev–Trinajstić information content (AvgIpc) is 3.49. The number of nitro groups is 1. The maximum Gasteiger partial charge on any atom is 0.284 e. The zero-order chi connectivity index (χ0) is 25.1. The summed E-state index contributed by atoms with van der Waals surface area (Å²) in [7, 11) is 1.44. The van der Waals surface area contributed by atoms with Gasteiger partial charge >= 0.3 is 0 Å². The van der Waals surface area contributed by atoms with Crippen molar-refractivity contribution in [2.75, 3.05) is 12.0 Å². The summed E-state index contributed by atoms with van der Waals surface area (Å²) >= 11 is 1.23. The molecule has 2 heterocycles. The molecule has 0 atom stereocenters. The predicted molar refractivity (Wildman–Crippen MR) is 140 cm³/mol. The molecule has 0 aliphatic carbocycles. The van der Waals surface area contributed by atoms with Crippen LogP contribution < -0.4 is 9.64 Å². The fourth-order valence-corrected chi connectivity index (χ4v) is 4.65. The maximum atomic E-state index is 13.4. The van der Waals surface area contributed by atoms with Crippen molar-refractivity contribution in [3.05, 3.63) is 112 Å². The van der Waals surface area contributed by atoms with Crippen molar-refractivity contribution < 1.29 is 18.9 Å². The minimum atomic E-state index is -0.487. The Morgan fingerprint density at radius 2 is 1.72 bits per heavy atom. The van der Waals surface area contributed by atoms with E-state index in [1.807, 2.05) is 60.7 Å². The Kier molecular flexibility index (Phi) is 6.38. The van der Waals surface area contributed by atoms with E-state index in [0.717, 1.165) is 5.69 Å². The van der Waals surface area contributed by atoms with E-state index in [0.29, 0.717) is 38.6 Å². The first-order valence-corrected chi connectivity index (χ1v) is 11.7. The minimum absolute atomic E-state index is 0.137. The van der Waals surface area contributed by atoms with Gasteiger partial charge < -0.3 is 9.15 Å². The summed E-state index contributed by atoms with van der Waals surface area (Å²) in [6.07, 6.45) is 1.62. The van der Waals surface area contributed by atoms with Crippen LogP contribution in [0.3, 0.4) is 0 Å². The molecule has 0 radical (unpaired) electrons. The Labute approximate surface area is 210 Å². The number of nitrogens with zero attached hydrogens (tertiary/aromatic N) is 3. The van der Waals surface area contributed by atoms with Gasteiger partial charge in [0.15, 0.2) is 5.17 Å². The second kappa shape index (κ2) is 9.93. The van der Waals surface area contributed by atoms with Crippen molar-refractivity contribution >= 4 is 46.0 Å². The lowest BCUT2D eigenvalue weighted by Crippen LogP contribution is -2.28. The molecule has 3 aromatic carbocycles. The molecule has 8 nitrogen and oxygen atoms in total. The van der Waals surface area contributed by atoms with E-state index in [1.165, 1.54) is 24.9 Å². The van der Waals surface area contributed by atoms with Crippen LogP contribution in [0, 0.1) is 10.1 Å². The monoisotopic (exact) mass is 497 g/mol. The van der Waals surface area contributed by atoms with Gasteiger partial charge in [-0.15, -0.1) is 0 Å². The number of carbonyl (C=O) groups excluding carboxylic acids is 1. The molecule has 1 fully saturated rings. The number of benzene rings is 3. The Hall–Kier alpha value is -4.63. The van der Waals surface area contributed by atoms with Crippen LogP contribution in [0.25, 0.3) is 17.4 Å². The maximum absolute atomic E-state index is 13.4. The number of aliphatic imine (C=N–C) groups is 1. The molecule has 5 rings (SSSR count). The van der Waals surface area contributed by atoms with E-state index < -0.39 is 4.92 Å². The summed E-state index contributed by atoms with van der Waals surface area (Å²) in [6.45, 7) is 0. The van der Waals surface area contributed by atoms with Crippen LogP contribution in [0.15, 0.2) is 105 Å². The van der Waals surface area contributed by atoms with E-state index in [2.05, 4.69) is 4.99 Å². The topological polar surface area (TPSA) is 98.2 Å². The van der Waals surface area contributed by atoms with Crippen LogP contribution >= 0.6 is 11.8 Å². The molecular formula is C27H19N3O5S. The fraction of sp³-hybridized carbons (Fsp3) is 0.0370. The van der Waals surface area contributed by atoms with Crippen LogP contribution in [-0.2, 0) is 4.79 Å². The number of rotatable bonds is 6. The van der Waals surface area contributed by atoms with Crippen molar-refractivity contribution in [2.24, 2.45) is 4.99 Å². The molecule has 1 aliphatic heterocycles. The first kappa shape index (κ1) is 23.1. The number of hydrogen-bond donors (Lipinski definition) is 0. The lowest BCUT2D eigenvalue weighted by atomic mass is 10.1. The predicted octanol–water partition coefficient (Wildman–Crippen LogP) is 6.67. The number of amidine groups is 1. The first-order valence-electron chi connectivity index (χ1n) is 10.9. The largest absolute Gasteiger partial charge is 0.497 e. The molecule has 178 valence electrons. The Balaban J connectivity index is 1.51. The van der Waals surface area contributed by atoms with E-state index >= 15 is 0 Å². The lowest BCUT2D eigenvalue weighted by Gasteiger charge is -2.15. The molecule has 0 unspecified atom stereocenters. The zero-order valence-electron chi connectivity index (χ0n) is 19.0.